The van der Waals surface area contributed by atoms with Crippen molar-refractivity contribution in [2.45, 2.75) is 291 Å². The Morgan fingerprint density at radius 3 is 1.02 bits per heavy atom. The second-order valence-corrected chi connectivity index (χ2v) is 20.2. The molecule has 0 spiro atoms. The van der Waals surface area contributed by atoms with Crippen molar-refractivity contribution < 1.29 is 30.0 Å². The molecule has 8 nitrogen and oxygen atoms in total. The predicted octanol–water partition coefficient (Wildman–Crippen LogP) is 13.2. The second kappa shape index (κ2) is 44.9. The molecule has 6 atom stereocenters. The summed E-state index contributed by atoms with van der Waals surface area (Å²) in [7, 11) is 0. The van der Waals surface area contributed by atoms with Crippen LogP contribution in [0.5, 0.6) is 0 Å². The number of carbonyl (C=O) groups is 2. The first-order valence-corrected chi connectivity index (χ1v) is 27.7. The van der Waals surface area contributed by atoms with E-state index in [1.807, 2.05) is 0 Å². The van der Waals surface area contributed by atoms with Crippen molar-refractivity contribution in [2.24, 2.45) is 11.8 Å². The maximum Gasteiger partial charge on any atom is 0.136 e. The summed E-state index contributed by atoms with van der Waals surface area (Å²) < 4.78 is 0. The Morgan fingerprint density at radius 2 is 0.698 bits per heavy atom. The minimum absolute atomic E-state index is 0.0507. The number of ketones is 2. The number of nitrogens with zero attached hydrogens (tertiary/aromatic N) is 2. The number of Topliss-reactive ketones (excluding diaryl/α,β-unsaturated/α-hetero) is 2. The molecular weight excluding hydrogens is 785 g/mol. The van der Waals surface area contributed by atoms with Crippen LogP contribution in [0.3, 0.4) is 0 Å². The minimum Gasteiger partial charge on any atom is -0.392 e. The number of carbonyl (C=O) groups excluding carboxylic acids is 2. The van der Waals surface area contributed by atoms with Crippen molar-refractivity contribution in [1.82, 2.24) is 9.80 Å². The van der Waals surface area contributed by atoms with Crippen LogP contribution in [0, 0.1) is 11.8 Å². The van der Waals surface area contributed by atoms with Gasteiger partial charge in [0.05, 0.1) is 24.4 Å². The highest BCUT2D eigenvalue weighted by Gasteiger charge is 2.24. The molecule has 0 aliphatic rings. The van der Waals surface area contributed by atoms with Gasteiger partial charge in [-0.2, -0.15) is 0 Å². The van der Waals surface area contributed by atoms with Crippen molar-refractivity contribution in [2.75, 3.05) is 39.3 Å². The third-order valence-electron chi connectivity index (χ3n) is 13.6. The lowest BCUT2D eigenvalue weighted by Crippen LogP contribution is -2.38. The first-order chi connectivity index (χ1) is 30.5. The minimum atomic E-state index is -0.454. The lowest BCUT2D eigenvalue weighted by Gasteiger charge is -2.28. The molecule has 0 saturated heterocycles. The van der Waals surface area contributed by atoms with E-state index in [1.165, 1.54) is 135 Å². The molecule has 0 radical (unpaired) electrons. The molecule has 0 aromatic rings. The molecule has 4 N–H and O–H groups in total. The summed E-state index contributed by atoms with van der Waals surface area (Å²) >= 11 is 0. The van der Waals surface area contributed by atoms with Crippen molar-refractivity contribution in [3.05, 3.63) is 0 Å². The molecule has 0 unspecified atom stereocenters. The highest BCUT2D eigenvalue weighted by Crippen LogP contribution is 2.23. The first-order valence-electron chi connectivity index (χ1n) is 27.7. The second-order valence-electron chi connectivity index (χ2n) is 20.2. The quantitative estimate of drug-likeness (QED) is 0.0446. The fourth-order valence-corrected chi connectivity index (χ4v) is 9.50. The van der Waals surface area contributed by atoms with Crippen LogP contribution in [-0.2, 0) is 9.59 Å². The topological polar surface area (TPSA) is 122 Å². The van der Waals surface area contributed by atoms with E-state index in [0.717, 1.165) is 90.1 Å². The Balaban J connectivity index is 4.94. The summed E-state index contributed by atoms with van der Waals surface area (Å²) in [6.45, 7) is 16.1. The number of hydrogen-bond donors (Lipinski definition) is 4. The molecule has 8 heteroatoms. The summed E-state index contributed by atoms with van der Waals surface area (Å²) in [5.41, 5.74) is 0. The third-order valence-corrected chi connectivity index (χ3v) is 13.6. The van der Waals surface area contributed by atoms with Crippen LogP contribution >= 0.6 is 0 Å². The molecule has 0 fully saturated rings. The molecule has 0 heterocycles. The van der Waals surface area contributed by atoms with Crippen LogP contribution in [0.2, 0.25) is 0 Å². The smallest absolute Gasteiger partial charge is 0.136 e. The van der Waals surface area contributed by atoms with Gasteiger partial charge in [0.15, 0.2) is 0 Å². The van der Waals surface area contributed by atoms with Gasteiger partial charge in [-0.1, -0.05) is 195 Å². The average molecular weight is 895 g/mol. The average Bonchev–Trinajstić information content (AvgIpc) is 3.24. The van der Waals surface area contributed by atoms with Gasteiger partial charge >= 0.3 is 0 Å². The van der Waals surface area contributed by atoms with Crippen LogP contribution in [-0.4, -0.2) is 105 Å². The van der Waals surface area contributed by atoms with Crippen molar-refractivity contribution in [3.63, 3.8) is 0 Å². The van der Waals surface area contributed by atoms with Crippen LogP contribution in [0.15, 0.2) is 0 Å². The van der Waals surface area contributed by atoms with E-state index in [1.54, 1.807) is 13.8 Å². The van der Waals surface area contributed by atoms with Gasteiger partial charge in [0.2, 0.25) is 0 Å². The summed E-state index contributed by atoms with van der Waals surface area (Å²) in [4.78, 5) is 30.8. The van der Waals surface area contributed by atoms with Gasteiger partial charge in [0.1, 0.15) is 11.6 Å². The molecule has 0 saturated carbocycles. The van der Waals surface area contributed by atoms with Gasteiger partial charge in [-0.05, 0) is 78.3 Å². The van der Waals surface area contributed by atoms with E-state index < -0.39 is 18.3 Å². The molecule has 63 heavy (non-hydrogen) atoms. The maximum absolute atomic E-state index is 13.6. The molecule has 0 aromatic carbocycles. The summed E-state index contributed by atoms with van der Waals surface area (Å²) in [6, 6.07) is 0. The molecule has 0 aliphatic heterocycles. The molecule has 0 bridgehead atoms. The Labute approximate surface area is 391 Å². The third kappa shape index (κ3) is 39.9. The molecule has 0 amide bonds. The number of aliphatic hydroxyl groups is 4. The Bertz CT molecular complexity index is 968. The van der Waals surface area contributed by atoms with E-state index in [0.29, 0.717) is 39.0 Å². The Kier molecular flexibility index (Phi) is 44.3. The molecule has 0 rings (SSSR count). The normalized spacial score (nSPS) is 14.9. The van der Waals surface area contributed by atoms with Gasteiger partial charge in [-0.3, -0.25) is 19.4 Å². The zero-order valence-corrected chi connectivity index (χ0v) is 43.0. The number of rotatable bonds is 50. The zero-order chi connectivity index (χ0) is 46.8. The van der Waals surface area contributed by atoms with Crippen molar-refractivity contribution >= 4 is 11.6 Å². The van der Waals surface area contributed by atoms with E-state index in [-0.39, 0.29) is 29.5 Å². The van der Waals surface area contributed by atoms with Crippen LogP contribution in [0.4, 0.5) is 0 Å². The Morgan fingerprint density at radius 1 is 0.397 bits per heavy atom. The standard InChI is InChI=1S/C55H110N2O6/c1-7-11-14-17-20-23-26-29-38-52(60)45-56(44-48(5)58)41-34-32-36-50(10-4)55(63)43-51(49(6)59)37-33-35-42-57(46-53(61)39-30-27-24-21-18-15-12-8-2)47-54(62)40-31-28-25-22-19-16-13-9-3/h48,50-54,58,60-62H,7-47H2,1-6H3/t48-,50+,51+,52-,53-,54-/m0/s1. The van der Waals surface area contributed by atoms with E-state index in [9.17, 15) is 30.0 Å². The van der Waals surface area contributed by atoms with Gasteiger partial charge in [-0.15, -0.1) is 0 Å². The number of unbranched alkanes of at least 4 members (excludes halogenated alkanes) is 23. The van der Waals surface area contributed by atoms with Crippen molar-refractivity contribution in [3.8, 4) is 0 Å². The highest BCUT2D eigenvalue weighted by molar-refractivity contribution is 5.87. The van der Waals surface area contributed by atoms with Crippen LogP contribution < -0.4 is 0 Å². The molecule has 0 aromatic heterocycles. The van der Waals surface area contributed by atoms with Gasteiger partial charge in [-0.25, -0.2) is 0 Å². The predicted molar refractivity (Wildman–Crippen MR) is 270 cm³/mol. The fourth-order valence-electron chi connectivity index (χ4n) is 9.50. The van der Waals surface area contributed by atoms with E-state index in [2.05, 4.69) is 37.5 Å². The van der Waals surface area contributed by atoms with Crippen molar-refractivity contribution in [1.29, 1.82) is 0 Å². The van der Waals surface area contributed by atoms with Gasteiger partial charge in [0, 0.05) is 44.4 Å². The monoisotopic (exact) mass is 895 g/mol. The van der Waals surface area contributed by atoms with E-state index >= 15 is 0 Å². The van der Waals surface area contributed by atoms with Crippen LogP contribution in [0.25, 0.3) is 0 Å². The van der Waals surface area contributed by atoms with E-state index in [4.69, 9.17) is 0 Å². The zero-order valence-electron chi connectivity index (χ0n) is 43.0. The molecule has 0 aliphatic carbocycles. The summed E-state index contributed by atoms with van der Waals surface area (Å²) in [5.74, 6) is -0.0144. The number of aliphatic hydroxyl groups excluding tert-OH is 4. The Hall–Kier alpha value is -0.900. The first kappa shape index (κ1) is 62.1. The maximum atomic E-state index is 13.6. The summed E-state index contributed by atoms with van der Waals surface area (Å²) in [5, 5.41) is 43.0. The number of hydrogen-bond acceptors (Lipinski definition) is 8. The lowest BCUT2D eigenvalue weighted by molar-refractivity contribution is -0.129. The highest BCUT2D eigenvalue weighted by atomic mass is 16.3. The molecule has 376 valence electrons. The summed E-state index contributed by atoms with van der Waals surface area (Å²) in [6.07, 6.45) is 36.9. The van der Waals surface area contributed by atoms with Gasteiger partial charge in [0.25, 0.3) is 0 Å². The lowest BCUT2D eigenvalue weighted by atomic mass is 9.85. The largest absolute Gasteiger partial charge is 0.392 e. The SMILES string of the molecule is CCCCCCCCCC[C@H](O)CN(CCCC[C@H](CC(=O)[C@H](CC)CCCCN(C[C@@H](O)CCCCCCCCCC)C[C@H](C)O)C(C)=O)C[C@@H](O)CCCCCCCCCC. The van der Waals surface area contributed by atoms with Gasteiger partial charge < -0.3 is 20.4 Å². The fraction of sp³-hybridized carbons (Fsp3) is 0.964. The molecular formula is C55H110N2O6. The van der Waals surface area contributed by atoms with Crippen LogP contribution in [0.1, 0.15) is 266 Å².